The molecule has 0 aliphatic heterocycles. The van der Waals surface area contributed by atoms with Gasteiger partial charge in [-0.2, -0.15) is 5.26 Å². The van der Waals surface area contributed by atoms with Crippen LogP contribution in [0.5, 0.6) is 0 Å². The van der Waals surface area contributed by atoms with Gasteiger partial charge in [0.05, 0.1) is 17.5 Å². The number of rotatable bonds is 4. The molecule has 0 spiro atoms. The molecule has 0 amide bonds. The third-order valence-electron chi connectivity index (χ3n) is 7.85. The number of aromatic nitrogens is 2. The number of aliphatic hydroxyl groups is 1. The number of hydrogen-bond acceptors (Lipinski definition) is 5. The third-order valence-corrected chi connectivity index (χ3v) is 7.85. The highest BCUT2D eigenvalue weighted by Gasteiger charge is 2.56. The highest BCUT2D eigenvalue weighted by Crippen LogP contribution is 2.56. The number of hydrogen-bond donors (Lipinski definition) is 1. The van der Waals surface area contributed by atoms with E-state index in [0.717, 1.165) is 46.5 Å². The standard InChI is InChI=1S/C29H29N3O2/c1-18-25-12-11-24-26(21-8-6-7-20(15-21)13-14-33)31-19(2)32-28(24)29(25,16-22(17-30)27(18)34)23-9-4-3-5-10-23/h3-10,15,18,22,25,33H,11-14,16H2,1-2H3/t18-,22?,25-,29-/m0/s1. The van der Waals surface area contributed by atoms with Crippen LogP contribution in [0.4, 0.5) is 0 Å². The molecule has 5 rings (SSSR count). The molecule has 0 saturated heterocycles. The summed E-state index contributed by atoms with van der Waals surface area (Å²) in [6.07, 6.45) is 2.69. The van der Waals surface area contributed by atoms with Gasteiger partial charge < -0.3 is 5.11 Å². The molecule has 2 aliphatic rings. The van der Waals surface area contributed by atoms with E-state index in [9.17, 15) is 15.2 Å². The van der Waals surface area contributed by atoms with E-state index >= 15 is 0 Å². The monoisotopic (exact) mass is 451 g/mol. The van der Waals surface area contributed by atoms with Gasteiger partial charge in [-0.15, -0.1) is 0 Å². The third kappa shape index (κ3) is 3.45. The van der Waals surface area contributed by atoms with Crippen molar-refractivity contribution in [2.45, 2.75) is 44.9 Å². The molecular weight excluding hydrogens is 422 g/mol. The van der Waals surface area contributed by atoms with Gasteiger partial charge in [0.15, 0.2) is 5.78 Å². The van der Waals surface area contributed by atoms with E-state index in [4.69, 9.17) is 9.97 Å². The molecule has 3 aromatic rings. The summed E-state index contributed by atoms with van der Waals surface area (Å²) in [5, 5.41) is 19.3. The van der Waals surface area contributed by atoms with Gasteiger partial charge in [0.25, 0.3) is 0 Å². The van der Waals surface area contributed by atoms with Gasteiger partial charge in [0, 0.05) is 29.1 Å². The van der Waals surface area contributed by atoms with Crippen LogP contribution in [-0.2, 0) is 23.1 Å². The van der Waals surface area contributed by atoms with Crippen molar-refractivity contribution in [1.29, 1.82) is 5.26 Å². The second kappa shape index (κ2) is 8.77. The zero-order valence-corrected chi connectivity index (χ0v) is 19.7. The zero-order chi connectivity index (χ0) is 23.9. The Hall–Kier alpha value is -3.36. The van der Waals surface area contributed by atoms with Crippen LogP contribution >= 0.6 is 0 Å². The van der Waals surface area contributed by atoms with Crippen molar-refractivity contribution in [3.63, 3.8) is 0 Å². The van der Waals surface area contributed by atoms with Crippen LogP contribution in [0, 0.1) is 36.0 Å². The van der Waals surface area contributed by atoms with Gasteiger partial charge in [0.2, 0.25) is 0 Å². The van der Waals surface area contributed by atoms with Crippen molar-refractivity contribution < 1.29 is 9.90 Å². The summed E-state index contributed by atoms with van der Waals surface area (Å²) >= 11 is 0. The van der Waals surface area contributed by atoms with Gasteiger partial charge in [-0.3, -0.25) is 4.79 Å². The molecule has 1 unspecified atom stereocenters. The van der Waals surface area contributed by atoms with Gasteiger partial charge in [-0.05, 0) is 55.7 Å². The fourth-order valence-corrected chi connectivity index (χ4v) is 6.34. The number of nitriles is 1. The second-order valence-corrected chi connectivity index (χ2v) is 9.68. The Kier molecular flexibility index (Phi) is 5.79. The molecule has 2 aliphatic carbocycles. The van der Waals surface area contributed by atoms with Gasteiger partial charge in [-0.25, -0.2) is 9.97 Å². The molecule has 5 nitrogen and oxygen atoms in total. The molecular formula is C29H29N3O2. The SMILES string of the molecule is Cc1nc(-c2cccc(CCO)c2)c2c(n1)[C@]1(c3ccccc3)CC(C#N)C(=O)[C@@H](C)[C@@H]1CC2. The number of fused-ring (bicyclic) bond motifs is 3. The molecule has 5 heteroatoms. The van der Waals surface area contributed by atoms with Crippen LogP contribution < -0.4 is 0 Å². The molecule has 1 heterocycles. The van der Waals surface area contributed by atoms with Crippen LogP contribution in [0.25, 0.3) is 11.3 Å². The smallest absolute Gasteiger partial charge is 0.153 e. The molecule has 1 N–H and O–H groups in total. The molecule has 0 bridgehead atoms. The number of nitrogens with zero attached hydrogens (tertiary/aromatic N) is 3. The topological polar surface area (TPSA) is 86.9 Å². The van der Waals surface area contributed by atoms with E-state index in [1.807, 2.05) is 44.2 Å². The van der Waals surface area contributed by atoms with E-state index in [-0.39, 0.29) is 24.2 Å². The van der Waals surface area contributed by atoms with E-state index in [2.05, 4.69) is 30.3 Å². The van der Waals surface area contributed by atoms with Crippen LogP contribution in [0.3, 0.4) is 0 Å². The molecule has 172 valence electrons. The summed E-state index contributed by atoms with van der Waals surface area (Å²) in [7, 11) is 0. The maximum atomic E-state index is 13.1. The fraction of sp³-hybridized carbons (Fsp3) is 0.379. The predicted molar refractivity (Wildman–Crippen MR) is 130 cm³/mol. The average Bonchev–Trinajstić information content (AvgIpc) is 2.86. The van der Waals surface area contributed by atoms with E-state index in [0.29, 0.717) is 18.7 Å². The quantitative estimate of drug-likeness (QED) is 0.627. The highest BCUT2D eigenvalue weighted by atomic mass is 16.3. The molecule has 1 aromatic heterocycles. The number of carbonyl (C=O) groups is 1. The van der Waals surface area contributed by atoms with E-state index in [1.54, 1.807) is 0 Å². The normalized spacial score (nSPS) is 25.8. The number of ketones is 1. The number of Topliss-reactive ketones (excluding diaryl/α,β-unsaturated/α-hetero) is 1. The maximum Gasteiger partial charge on any atom is 0.153 e. The minimum atomic E-state index is -0.649. The van der Waals surface area contributed by atoms with E-state index < -0.39 is 11.3 Å². The fourth-order valence-electron chi connectivity index (χ4n) is 6.34. The number of aliphatic hydroxyl groups excluding tert-OH is 1. The Morgan fingerprint density at radius 2 is 1.94 bits per heavy atom. The van der Waals surface area contributed by atoms with Crippen molar-refractivity contribution in [2.24, 2.45) is 17.8 Å². The predicted octanol–water partition coefficient (Wildman–Crippen LogP) is 4.58. The summed E-state index contributed by atoms with van der Waals surface area (Å²) in [4.78, 5) is 23.0. The molecule has 1 fully saturated rings. The van der Waals surface area contributed by atoms with Crippen molar-refractivity contribution in [2.75, 3.05) is 6.61 Å². The summed E-state index contributed by atoms with van der Waals surface area (Å²) in [5.41, 5.74) is 5.72. The summed E-state index contributed by atoms with van der Waals surface area (Å²) in [6, 6.07) is 20.8. The van der Waals surface area contributed by atoms with Gasteiger partial charge >= 0.3 is 0 Å². The lowest BCUT2D eigenvalue weighted by molar-refractivity contribution is -0.131. The summed E-state index contributed by atoms with van der Waals surface area (Å²) in [5.74, 6) is -0.0229. The van der Waals surface area contributed by atoms with Crippen molar-refractivity contribution in [1.82, 2.24) is 9.97 Å². The highest BCUT2D eigenvalue weighted by molar-refractivity contribution is 5.87. The lowest BCUT2D eigenvalue weighted by Gasteiger charge is -2.51. The summed E-state index contributed by atoms with van der Waals surface area (Å²) in [6.45, 7) is 4.01. The first-order valence-corrected chi connectivity index (χ1v) is 12.1. The van der Waals surface area contributed by atoms with Crippen LogP contribution in [0.15, 0.2) is 54.6 Å². The summed E-state index contributed by atoms with van der Waals surface area (Å²) < 4.78 is 0. The second-order valence-electron chi connectivity index (χ2n) is 9.68. The number of benzene rings is 2. The molecule has 1 saturated carbocycles. The number of aryl methyl sites for hydroxylation is 1. The lowest BCUT2D eigenvalue weighted by atomic mass is 9.50. The van der Waals surface area contributed by atoms with E-state index in [1.165, 1.54) is 0 Å². The van der Waals surface area contributed by atoms with Crippen LogP contribution in [0.2, 0.25) is 0 Å². The first-order valence-electron chi connectivity index (χ1n) is 12.1. The Balaban J connectivity index is 1.78. The largest absolute Gasteiger partial charge is 0.396 e. The molecule has 4 atom stereocenters. The Morgan fingerprint density at radius 3 is 2.68 bits per heavy atom. The lowest BCUT2D eigenvalue weighted by Crippen LogP contribution is -2.53. The first-order chi connectivity index (χ1) is 16.5. The minimum absolute atomic E-state index is 0.0604. The minimum Gasteiger partial charge on any atom is -0.396 e. The Bertz CT molecular complexity index is 1280. The first kappa shape index (κ1) is 22.4. The Labute approximate surface area is 200 Å². The van der Waals surface area contributed by atoms with Gasteiger partial charge in [0.1, 0.15) is 11.7 Å². The zero-order valence-electron chi connectivity index (χ0n) is 19.7. The molecule has 2 aromatic carbocycles. The van der Waals surface area contributed by atoms with Crippen molar-refractivity contribution >= 4 is 5.78 Å². The average molecular weight is 452 g/mol. The Morgan fingerprint density at radius 1 is 1.15 bits per heavy atom. The van der Waals surface area contributed by atoms with Crippen molar-refractivity contribution in [3.05, 3.63) is 82.8 Å². The molecule has 0 radical (unpaired) electrons. The van der Waals surface area contributed by atoms with Crippen molar-refractivity contribution in [3.8, 4) is 17.3 Å². The molecule has 34 heavy (non-hydrogen) atoms. The van der Waals surface area contributed by atoms with Crippen LogP contribution in [0.1, 0.15) is 48.0 Å². The van der Waals surface area contributed by atoms with Gasteiger partial charge in [-0.1, -0.05) is 55.5 Å². The maximum absolute atomic E-state index is 13.1. The van der Waals surface area contributed by atoms with Crippen LogP contribution in [-0.4, -0.2) is 27.5 Å². The number of carbonyl (C=O) groups excluding carboxylic acids is 1.